The molecule has 1 heterocycles. The van der Waals surface area contributed by atoms with Crippen molar-refractivity contribution in [2.75, 3.05) is 6.54 Å². The lowest BCUT2D eigenvalue weighted by atomic mass is 10.1. The monoisotopic (exact) mass is 340 g/mol. The average molecular weight is 341 g/mol. The van der Waals surface area contributed by atoms with E-state index in [9.17, 15) is 9.59 Å². The maximum atomic E-state index is 11.4. The van der Waals surface area contributed by atoms with E-state index in [1.165, 1.54) is 0 Å². The van der Waals surface area contributed by atoms with E-state index in [0.29, 0.717) is 12.1 Å². The second-order valence-corrected chi connectivity index (χ2v) is 5.66. The molecular weight excluding hydrogens is 324 g/mol. The van der Waals surface area contributed by atoms with Crippen LogP contribution in [-0.2, 0) is 11.3 Å². The molecule has 0 aromatic heterocycles. The Kier molecular flexibility index (Phi) is 4.74. The van der Waals surface area contributed by atoms with Gasteiger partial charge in [-0.3, -0.25) is 19.9 Å². The highest BCUT2D eigenvalue weighted by atomic mass is 79.9. The number of hydrogen-bond donors (Lipinski definition) is 3. The van der Waals surface area contributed by atoms with Gasteiger partial charge in [0.25, 0.3) is 5.91 Å². The van der Waals surface area contributed by atoms with Crippen molar-refractivity contribution in [2.24, 2.45) is 11.6 Å². The summed E-state index contributed by atoms with van der Waals surface area (Å²) in [6.45, 7) is 1.48. The van der Waals surface area contributed by atoms with Gasteiger partial charge in [-0.1, -0.05) is 22.0 Å². The van der Waals surface area contributed by atoms with Crippen LogP contribution in [0, 0.1) is 0 Å². The van der Waals surface area contributed by atoms with Crippen molar-refractivity contribution in [3.63, 3.8) is 0 Å². The number of carbonyl (C=O) groups excluding carboxylic acids is 2. The highest BCUT2D eigenvalue weighted by Gasteiger charge is 2.29. The zero-order valence-electron chi connectivity index (χ0n) is 10.9. The molecule has 5 N–H and O–H groups in total. The first-order valence-electron chi connectivity index (χ1n) is 6.35. The van der Waals surface area contributed by atoms with E-state index in [2.05, 4.69) is 26.3 Å². The predicted molar refractivity (Wildman–Crippen MR) is 78.4 cm³/mol. The van der Waals surface area contributed by atoms with Crippen molar-refractivity contribution < 1.29 is 9.59 Å². The molecule has 0 bridgehead atoms. The fourth-order valence-corrected chi connectivity index (χ4v) is 2.96. The topological polar surface area (TPSA) is 101 Å². The van der Waals surface area contributed by atoms with Crippen molar-refractivity contribution in [2.45, 2.75) is 25.4 Å². The first-order valence-corrected chi connectivity index (χ1v) is 7.15. The van der Waals surface area contributed by atoms with E-state index < -0.39 is 0 Å². The number of nitrogens with zero attached hydrogens (tertiary/aromatic N) is 1. The molecule has 0 spiro atoms. The number of carbonyl (C=O) groups is 2. The Bertz CT molecular complexity index is 535. The standard InChI is InChI=1S/C13H17BrN4O2/c14-10-6-8(13(20)17-16)3-4-9(10)7-18-5-1-2-11(18)12(15)19/h3-4,6,11H,1-2,5,7,16H2,(H2,15,19)(H,17,20). The molecule has 2 rings (SSSR count). The molecule has 6 nitrogen and oxygen atoms in total. The number of nitrogen functional groups attached to an aromatic ring is 1. The van der Waals surface area contributed by atoms with Gasteiger partial charge in [0, 0.05) is 16.6 Å². The van der Waals surface area contributed by atoms with E-state index in [4.69, 9.17) is 11.6 Å². The number of nitrogens with two attached hydrogens (primary N) is 2. The Labute approximate surface area is 125 Å². The third kappa shape index (κ3) is 3.17. The van der Waals surface area contributed by atoms with Crippen molar-refractivity contribution in [1.82, 2.24) is 10.3 Å². The van der Waals surface area contributed by atoms with Crippen LogP contribution in [0.15, 0.2) is 22.7 Å². The third-order valence-electron chi connectivity index (χ3n) is 3.51. The number of rotatable bonds is 4. The minimum absolute atomic E-state index is 0.200. The molecule has 1 saturated heterocycles. The van der Waals surface area contributed by atoms with Crippen molar-refractivity contribution in [1.29, 1.82) is 0 Å². The number of amides is 2. The Morgan fingerprint density at radius 2 is 2.20 bits per heavy atom. The molecule has 2 amide bonds. The summed E-state index contributed by atoms with van der Waals surface area (Å²) in [5.74, 6) is 4.48. The van der Waals surface area contributed by atoms with Gasteiger partial charge in [0.05, 0.1) is 6.04 Å². The van der Waals surface area contributed by atoms with Gasteiger partial charge >= 0.3 is 0 Å². The smallest absolute Gasteiger partial charge is 0.265 e. The number of hydrazine groups is 1. The Balaban J connectivity index is 2.14. The molecule has 1 atom stereocenters. The van der Waals surface area contributed by atoms with Crippen LogP contribution in [0.2, 0.25) is 0 Å². The highest BCUT2D eigenvalue weighted by molar-refractivity contribution is 9.10. The lowest BCUT2D eigenvalue weighted by Gasteiger charge is -2.22. The highest BCUT2D eigenvalue weighted by Crippen LogP contribution is 2.25. The summed E-state index contributed by atoms with van der Waals surface area (Å²) < 4.78 is 0.814. The quantitative estimate of drug-likeness (QED) is 0.422. The molecule has 0 aliphatic carbocycles. The van der Waals surface area contributed by atoms with Crippen LogP contribution in [0.5, 0.6) is 0 Å². The zero-order valence-corrected chi connectivity index (χ0v) is 12.5. The van der Waals surface area contributed by atoms with Crippen molar-refractivity contribution >= 4 is 27.7 Å². The fourth-order valence-electron chi connectivity index (χ4n) is 2.46. The molecular formula is C13H17BrN4O2. The van der Waals surface area contributed by atoms with E-state index in [1.807, 2.05) is 6.07 Å². The zero-order chi connectivity index (χ0) is 14.7. The number of benzene rings is 1. The van der Waals surface area contributed by atoms with Crippen LogP contribution in [0.3, 0.4) is 0 Å². The first kappa shape index (κ1) is 15.0. The molecule has 0 saturated carbocycles. The number of nitrogens with one attached hydrogen (secondary N) is 1. The van der Waals surface area contributed by atoms with Gasteiger partial charge in [0.1, 0.15) is 0 Å². The summed E-state index contributed by atoms with van der Waals surface area (Å²) >= 11 is 3.45. The van der Waals surface area contributed by atoms with Crippen LogP contribution in [0.25, 0.3) is 0 Å². The third-order valence-corrected chi connectivity index (χ3v) is 4.25. The molecule has 7 heteroatoms. The molecule has 1 aromatic carbocycles. The van der Waals surface area contributed by atoms with Crippen LogP contribution >= 0.6 is 15.9 Å². The number of likely N-dealkylation sites (tertiary alicyclic amines) is 1. The summed E-state index contributed by atoms with van der Waals surface area (Å²) in [6.07, 6.45) is 1.78. The van der Waals surface area contributed by atoms with E-state index in [-0.39, 0.29) is 17.9 Å². The number of hydrogen-bond acceptors (Lipinski definition) is 4. The van der Waals surface area contributed by atoms with Crippen LogP contribution in [-0.4, -0.2) is 29.3 Å². The summed E-state index contributed by atoms with van der Waals surface area (Å²) in [6, 6.07) is 5.07. The maximum Gasteiger partial charge on any atom is 0.265 e. The van der Waals surface area contributed by atoms with Gasteiger partial charge < -0.3 is 5.73 Å². The second kappa shape index (κ2) is 6.34. The van der Waals surface area contributed by atoms with Gasteiger partial charge in [-0.05, 0) is 37.1 Å². The molecule has 1 unspecified atom stereocenters. The van der Waals surface area contributed by atoms with Gasteiger partial charge in [0.15, 0.2) is 0 Å². The van der Waals surface area contributed by atoms with Gasteiger partial charge in [-0.25, -0.2) is 5.84 Å². The van der Waals surface area contributed by atoms with Crippen molar-refractivity contribution in [3.05, 3.63) is 33.8 Å². The van der Waals surface area contributed by atoms with Gasteiger partial charge in [0.2, 0.25) is 5.91 Å². The molecule has 108 valence electrons. The van der Waals surface area contributed by atoms with E-state index in [0.717, 1.165) is 29.4 Å². The summed E-state index contributed by atoms with van der Waals surface area (Å²) in [5, 5.41) is 0. The summed E-state index contributed by atoms with van der Waals surface area (Å²) in [7, 11) is 0. The number of primary amides is 1. The normalized spacial score (nSPS) is 19.0. The predicted octanol–water partition coefficient (Wildman–Crippen LogP) is 0.502. The SMILES string of the molecule is NNC(=O)c1ccc(CN2CCCC2C(N)=O)c(Br)c1. The molecule has 1 aliphatic heterocycles. The Hall–Kier alpha value is -1.44. The minimum Gasteiger partial charge on any atom is -0.368 e. The van der Waals surface area contributed by atoms with Gasteiger partial charge in [-0.15, -0.1) is 0 Å². The molecule has 1 aromatic rings. The average Bonchev–Trinajstić information content (AvgIpc) is 2.88. The molecule has 1 fully saturated rings. The fraction of sp³-hybridized carbons (Fsp3) is 0.385. The summed E-state index contributed by atoms with van der Waals surface area (Å²) in [5.41, 5.74) is 8.98. The lowest BCUT2D eigenvalue weighted by Crippen LogP contribution is -2.39. The van der Waals surface area contributed by atoms with Crippen LogP contribution in [0.4, 0.5) is 0 Å². The molecule has 1 aliphatic rings. The molecule has 0 radical (unpaired) electrons. The van der Waals surface area contributed by atoms with E-state index in [1.54, 1.807) is 12.1 Å². The maximum absolute atomic E-state index is 11.4. The van der Waals surface area contributed by atoms with E-state index >= 15 is 0 Å². The second-order valence-electron chi connectivity index (χ2n) is 4.81. The van der Waals surface area contributed by atoms with Crippen molar-refractivity contribution in [3.8, 4) is 0 Å². The first-order chi connectivity index (χ1) is 9.52. The Morgan fingerprint density at radius 1 is 1.45 bits per heavy atom. The Morgan fingerprint density at radius 3 is 2.80 bits per heavy atom. The van der Waals surface area contributed by atoms with Crippen LogP contribution in [0.1, 0.15) is 28.8 Å². The van der Waals surface area contributed by atoms with Crippen LogP contribution < -0.4 is 17.0 Å². The minimum atomic E-state index is -0.339. The largest absolute Gasteiger partial charge is 0.368 e. The lowest BCUT2D eigenvalue weighted by molar-refractivity contribution is -0.122. The summed E-state index contributed by atoms with van der Waals surface area (Å²) in [4.78, 5) is 24.9. The van der Waals surface area contributed by atoms with Gasteiger partial charge in [-0.2, -0.15) is 0 Å². The molecule has 20 heavy (non-hydrogen) atoms. The number of halogens is 1.